The van der Waals surface area contributed by atoms with E-state index < -0.39 is 0 Å². The first-order valence-corrected chi connectivity index (χ1v) is 7.28. The molecule has 3 atom stereocenters. The number of hydrogen-bond donors (Lipinski definition) is 1. The van der Waals surface area contributed by atoms with Crippen molar-refractivity contribution in [1.29, 1.82) is 0 Å². The van der Waals surface area contributed by atoms with Gasteiger partial charge in [-0.15, -0.1) is 0 Å². The topological polar surface area (TPSA) is 24.9 Å². The average molecular weight is 244 g/mol. The fraction of sp³-hybridized carbons (Fsp3) is 0.688. The second-order valence-electron chi connectivity index (χ2n) is 6.77. The molecule has 2 heteroatoms. The Morgan fingerprint density at radius 1 is 1.33 bits per heavy atom. The van der Waals surface area contributed by atoms with Crippen LogP contribution in [0.3, 0.4) is 0 Å². The number of fused-ring (bicyclic) bond motifs is 3. The molecule has 3 aliphatic rings. The molecule has 0 saturated heterocycles. The second kappa shape index (κ2) is 4.65. The number of pyridine rings is 1. The average Bonchev–Trinajstić information content (AvgIpc) is 2.37. The molecule has 0 amide bonds. The number of aromatic nitrogens is 1. The Hall–Kier alpha value is -0.890. The van der Waals surface area contributed by atoms with Gasteiger partial charge in [0.05, 0.1) is 5.69 Å². The molecule has 0 spiro atoms. The maximum absolute atomic E-state index is 4.39. The van der Waals surface area contributed by atoms with E-state index in [1.165, 1.54) is 31.4 Å². The highest BCUT2D eigenvalue weighted by Crippen LogP contribution is 2.52. The second-order valence-corrected chi connectivity index (χ2v) is 6.77. The van der Waals surface area contributed by atoms with Crippen LogP contribution in [0.1, 0.15) is 45.2 Å². The van der Waals surface area contributed by atoms with Crippen LogP contribution in [0.25, 0.3) is 0 Å². The lowest BCUT2D eigenvalue weighted by molar-refractivity contribution is 0.00364. The van der Waals surface area contributed by atoms with Crippen molar-refractivity contribution in [3.05, 3.63) is 30.1 Å². The van der Waals surface area contributed by atoms with Gasteiger partial charge in [-0.1, -0.05) is 19.9 Å². The van der Waals surface area contributed by atoms with Crippen molar-refractivity contribution in [2.45, 2.75) is 52.1 Å². The van der Waals surface area contributed by atoms with E-state index in [0.717, 1.165) is 24.4 Å². The summed E-state index contributed by atoms with van der Waals surface area (Å²) in [4.78, 5) is 4.39. The summed E-state index contributed by atoms with van der Waals surface area (Å²) in [6.07, 6.45) is 7.52. The minimum Gasteiger partial charge on any atom is -0.308 e. The number of rotatable bonds is 3. The molecule has 3 aliphatic carbocycles. The highest BCUT2D eigenvalue weighted by atomic mass is 14.9. The Balaban J connectivity index is 1.59. The third-order valence-corrected chi connectivity index (χ3v) is 5.16. The zero-order valence-corrected chi connectivity index (χ0v) is 11.5. The van der Waals surface area contributed by atoms with Gasteiger partial charge in [0.1, 0.15) is 0 Å². The Morgan fingerprint density at radius 2 is 2.22 bits per heavy atom. The minimum atomic E-state index is 0.575. The van der Waals surface area contributed by atoms with E-state index in [9.17, 15) is 0 Å². The van der Waals surface area contributed by atoms with E-state index >= 15 is 0 Å². The molecule has 3 fully saturated rings. The monoisotopic (exact) mass is 244 g/mol. The van der Waals surface area contributed by atoms with Crippen molar-refractivity contribution in [3.63, 3.8) is 0 Å². The van der Waals surface area contributed by atoms with Gasteiger partial charge in [0.25, 0.3) is 0 Å². The molecule has 2 nitrogen and oxygen atoms in total. The van der Waals surface area contributed by atoms with Crippen molar-refractivity contribution >= 4 is 0 Å². The van der Waals surface area contributed by atoms with Gasteiger partial charge in [0.2, 0.25) is 0 Å². The summed E-state index contributed by atoms with van der Waals surface area (Å²) in [6, 6.07) is 6.88. The van der Waals surface area contributed by atoms with Gasteiger partial charge in [-0.25, -0.2) is 0 Å². The lowest BCUT2D eigenvalue weighted by Gasteiger charge is -2.52. The summed E-state index contributed by atoms with van der Waals surface area (Å²) >= 11 is 0. The van der Waals surface area contributed by atoms with Crippen LogP contribution in [0.2, 0.25) is 0 Å². The molecule has 3 saturated carbocycles. The third-order valence-electron chi connectivity index (χ3n) is 5.16. The van der Waals surface area contributed by atoms with E-state index in [-0.39, 0.29) is 0 Å². The standard InChI is InChI=1S/C16H24N2/c1-16(2)10-12-6-7-13(16)9-15(12)18-11-14-5-3-4-8-17-14/h3-5,8,12-13,15,18H,6-7,9-11H2,1-2H3/t12-,13?,15?/m0/s1. The molecule has 0 radical (unpaired) electrons. The predicted octanol–water partition coefficient (Wildman–Crippen LogP) is 3.39. The molecule has 98 valence electrons. The summed E-state index contributed by atoms with van der Waals surface area (Å²) in [5.41, 5.74) is 1.74. The summed E-state index contributed by atoms with van der Waals surface area (Å²) in [5.74, 6) is 1.80. The summed E-state index contributed by atoms with van der Waals surface area (Å²) in [5, 5.41) is 3.74. The number of hydrogen-bond acceptors (Lipinski definition) is 2. The molecule has 1 aromatic rings. The zero-order valence-electron chi connectivity index (χ0n) is 11.5. The van der Waals surface area contributed by atoms with Gasteiger partial charge in [-0.2, -0.15) is 0 Å². The van der Waals surface area contributed by atoms with Crippen LogP contribution in [0.5, 0.6) is 0 Å². The van der Waals surface area contributed by atoms with Gasteiger partial charge >= 0.3 is 0 Å². The normalized spacial score (nSPS) is 33.6. The molecule has 0 aliphatic heterocycles. The molecule has 0 aromatic carbocycles. The van der Waals surface area contributed by atoms with E-state index in [1.54, 1.807) is 0 Å². The predicted molar refractivity (Wildman–Crippen MR) is 74.1 cm³/mol. The van der Waals surface area contributed by atoms with Crippen LogP contribution in [-0.2, 0) is 6.54 Å². The van der Waals surface area contributed by atoms with E-state index in [1.807, 2.05) is 12.3 Å². The van der Waals surface area contributed by atoms with E-state index in [2.05, 4.69) is 36.3 Å². The molecule has 2 unspecified atom stereocenters. The Bertz CT molecular complexity index is 399. The number of nitrogens with one attached hydrogen (secondary N) is 1. The van der Waals surface area contributed by atoms with Gasteiger partial charge < -0.3 is 5.32 Å². The molecular formula is C16H24N2. The lowest BCUT2D eigenvalue weighted by Crippen LogP contribution is -2.50. The molecular weight excluding hydrogens is 220 g/mol. The fourth-order valence-electron chi connectivity index (χ4n) is 4.02. The van der Waals surface area contributed by atoms with Gasteiger partial charge in [0.15, 0.2) is 0 Å². The van der Waals surface area contributed by atoms with Crippen LogP contribution >= 0.6 is 0 Å². The highest BCUT2D eigenvalue weighted by Gasteiger charge is 2.45. The van der Waals surface area contributed by atoms with Gasteiger partial charge in [-0.05, 0) is 55.1 Å². The molecule has 1 heterocycles. The van der Waals surface area contributed by atoms with Crippen LogP contribution in [0, 0.1) is 17.3 Å². The SMILES string of the molecule is CC1(C)C[C@@H]2CCC1CC2NCc1ccccn1. The Kier molecular flexibility index (Phi) is 3.14. The lowest BCUT2D eigenvalue weighted by atomic mass is 9.56. The van der Waals surface area contributed by atoms with Crippen LogP contribution < -0.4 is 5.32 Å². The zero-order chi connectivity index (χ0) is 12.6. The first kappa shape index (κ1) is 12.2. The maximum Gasteiger partial charge on any atom is 0.0541 e. The summed E-state index contributed by atoms with van der Waals surface area (Å²) < 4.78 is 0. The summed E-state index contributed by atoms with van der Waals surface area (Å²) in [7, 11) is 0. The van der Waals surface area contributed by atoms with Crippen LogP contribution in [0.15, 0.2) is 24.4 Å². The molecule has 4 rings (SSSR count). The van der Waals surface area contributed by atoms with Gasteiger partial charge in [-0.3, -0.25) is 4.98 Å². The smallest absolute Gasteiger partial charge is 0.0541 e. The Labute approximate surface area is 110 Å². The van der Waals surface area contributed by atoms with Crippen LogP contribution in [0.4, 0.5) is 0 Å². The quantitative estimate of drug-likeness (QED) is 0.881. The first-order chi connectivity index (χ1) is 8.65. The third kappa shape index (κ3) is 2.31. The maximum atomic E-state index is 4.39. The highest BCUT2D eigenvalue weighted by molar-refractivity contribution is 5.04. The van der Waals surface area contributed by atoms with Crippen LogP contribution in [-0.4, -0.2) is 11.0 Å². The van der Waals surface area contributed by atoms with Crippen molar-refractivity contribution in [1.82, 2.24) is 10.3 Å². The number of nitrogens with zero attached hydrogens (tertiary/aromatic N) is 1. The first-order valence-electron chi connectivity index (χ1n) is 7.28. The van der Waals surface area contributed by atoms with E-state index in [4.69, 9.17) is 0 Å². The largest absolute Gasteiger partial charge is 0.308 e. The molecule has 1 aromatic heterocycles. The van der Waals surface area contributed by atoms with Gasteiger partial charge in [0, 0.05) is 18.8 Å². The van der Waals surface area contributed by atoms with Crippen molar-refractivity contribution in [2.24, 2.45) is 17.3 Å². The fourth-order valence-corrected chi connectivity index (χ4v) is 4.02. The van der Waals surface area contributed by atoms with Crippen molar-refractivity contribution in [2.75, 3.05) is 0 Å². The Morgan fingerprint density at radius 3 is 2.83 bits per heavy atom. The van der Waals surface area contributed by atoms with E-state index in [0.29, 0.717) is 5.41 Å². The molecule has 2 bridgehead atoms. The van der Waals surface area contributed by atoms with Crippen molar-refractivity contribution < 1.29 is 0 Å². The molecule has 18 heavy (non-hydrogen) atoms. The summed E-state index contributed by atoms with van der Waals surface area (Å²) in [6.45, 7) is 5.84. The molecule has 1 N–H and O–H groups in total. The van der Waals surface area contributed by atoms with Crippen molar-refractivity contribution in [3.8, 4) is 0 Å². The minimum absolute atomic E-state index is 0.575.